The van der Waals surface area contributed by atoms with Gasteiger partial charge in [-0.25, -0.2) is 4.79 Å². The summed E-state index contributed by atoms with van der Waals surface area (Å²) in [5, 5.41) is 29.1. The zero-order valence-electron chi connectivity index (χ0n) is 76.8. The van der Waals surface area contributed by atoms with Gasteiger partial charge >= 0.3 is 5.97 Å². The molecule has 22 heteroatoms. The Morgan fingerprint density at radius 2 is 0.912 bits per heavy atom. The van der Waals surface area contributed by atoms with Crippen molar-refractivity contribution in [2.24, 2.45) is 5.92 Å². The fraction of sp³-hybridized carbons (Fsp3) is 0.202. The van der Waals surface area contributed by atoms with Crippen LogP contribution in [-0.4, -0.2) is 33.1 Å². The van der Waals surface area contributed by atoms with Crippen LogP contribution >= 0.6 is 204 Å². The highest BCUT2D eigenvalue weighted by Gasteiger charge is 2.46. The number of nitro benzene ring substituents is 2. The second kappa shape index (κ2) is 42.9. The Morgan fingerprint density at radius 1 is 0.441 bits per heavy atom. The molecule has 692 valence electrons. The molecule has 0 spiro atoms. The first-order chi connectivity index (χ1) is 64.7. The Labute approximate surface area is 915 Å². The van der Waals surface area contributed by atoms with Gasteiger partial charge in [-0.05, 0) is 422 Å². The Bertz CT molecular complexity index is 7010. The second-order valence-corrected chi connectivity index (χ2v) is 47.5. The molecule has 4 atom stereocenters. The first-order valence-electron chi connectivity index (χ1n) is 44.2. The number of hydrogen-bond donors (Lipinski definition) is 0. The molecule has 4 unspecified atom stereocenters. The molecule has 12 nitrogen and oxygen atoms in total. The molecule has 0 saturated heterocycles. The largest absolute Gasteiger partial charge is 0.497 e. The number of alkyl halides is 4. The average molecular weight is 2740 g/mol. The molecule has 0 aliphatic carbocycles. The summed E-state index contributed by atoms with van der Waals surface area (Å²) >= 11 is 32.9. The van der Waals surface area contributed by atoms with Crippen molar-refractivity contribution in [3.8, 4) is 112 Å². The Hall–Kier alpha value is -7.81. The van der Waals surface area contributed by atoms with Crippen LogP contribution < -0.4 is 18.9 Å². The molecule has 0 aliphatic heterocycles. The molecule has 0 saturated carbocycles. The van der Waals surface area contributed by atoms with Crippen LogP contribution in [0.5, 0.6) is 23.0 Å². The average Bonchev–Trinajstić information content (AvgIpc) is 0.718. The van der Waals surface area contributed by atoms with Gasteiger partial charge in [0.1, 0.15) is 23.0 Å². The van der Waals surface area contributed by atoms with Crippen LogP contribution in [0.1, 0.15) is 139 Å². The fourth-order valence-corrected chi connectivity index (χ4v) is 27.6. The quantitative estimate of drug-likeness (QED) is 0.0111. The summed E-state index contributed by atoms with van der Waals surface area (Å²) in [6.07, 6.45) is 0.242. The highest BCUT2D eigenvalue weighted by Crippen LogP contribution is 2.57. The van der Waals surface area contributed by atoms with Gasteiger partial charge in [-0.15, -0.1) is 0 Å². The number of carbonyl (C=O) groups excluding carboxylic acids is 1. The molecule has 0 radical (unpaired) electrons. The topological polar surface area (TPSA) is 150 Å². The first-order valence-corrected chi connectivity index (χ1v) is 53.8. The van der Waals surface area contributed by atoms with E-state index in [-0.39, 0.29) is 42.5 Å². The van der Waals surface area contributed by atoms with Crippen LogP contribution in [0.2, 0.25) is 10.0 Å². The molecule has 0 aromatic heterocycles. The van der Waals surface area contributed by atoms with Crippen LogP contribution in [-0.2, 0) is 40.2 Å². The van der Waals surface area contributed by atoms with Gasteiger partial charge in [0.05, 0.1) is 37.6 Å². The monoisotopic (exact) mass is 2740 g/mol. The van der Waals surface area contributed by atoms with Gasteiger partial charge in [-0.2, -0.15) is 0 Å². The van der Waals surface area contributed by atoms with E-state index in [0.29, 0.717) is 33.3 Å². The predicted molar refractivity (Wildman–Crippen MR) is 624 cm³/mol. The minimum atomic E-state index is -1.95. The summed E-state index contributed by atoms with van der Waals surface area (Å²) in [6, 6.07) is 101. The number of ether oxygens (including phenoxy) is 5. The predicted octanol–water partition coefficient (Wildman–Crippen LogP) is 35.6. The molecule has 0 amide bonds. The van der Waals surface area contributed by atoms with Gasteiger partial charge in [0.15, 0.2) is 7.68 Å². The SMILES string of the molecule is CCOC(=O)C(I)(Cc1cc(-c2ccc(CC(C)C)cc2-c2ccc(C(I)(c3ccc(C(C)(C)C)cc3)c3cc(-c4ccc(OC)cc4)c(C(C)(C)C)c(-c4ccc(OC(I)(c5ccc(Cl)cc5)c5cc(-c6ccccc6)c(Cl)c(-c6ccccc6)c5I)cc4)c3I)cc2)c([N+](=O)[O-])c(I)c1[N+](=O)[O-])Oc1ccc(-c2c(C)cc(C)c(C(I)Oc3ccc(-c4ccc(I)cc4)cc3)c2C)cc1. The molecule has 0 N–H and O–H groups in total. The number of carbonyl (C=O) groups is 1. The summed E-state index contributed by atoms with van der Waals surface area (Å²) in [6.45, 7) is 25.7. The fourth-order valence-electron chi connectivity index (χ4n) is 18.0. The number of benzene rings is 15. The zero-order chi connectivity index (χ0) is 97.4. The van der Waals surface area contributed by atoms with E-state index >= 15 is 0 Å². The van der Waals surface area contributed by atoms with Crippen molar-refractivity contribution in [1.29, 1.82) is 0 Å². The lowest BCUT2D eigenvalue weighted by Crippen LogP contribution is -2.42. The summed E-state index contributed by atoms with van der Waals surface area (Å²) < 4.78 is 31.2. The molecule has 0 fully saturated rings. The van der Waals surface area contributed by atoms with Crippen molar-refractivity contribution in [3.05, 3.63) is 414 Å². The van der Waals surface area contributed by atoms with E-state index in [1.807, 2.05) is 132 Å². The summed E-state index contributed by atoms with van der Waals surface area (Å²) in [5.74, 6) is 1.78. The second-order valence-electron chi connectivity index (χ2n) is 36.2. The van der Waals surface area contributed by atoms with E-state index in [0.717, 1.165) is 152 Å². The van der Waals surface area contributed by atoms with E-state index in [1.165, 1.54) is 15.2 Å². The van der Waals surface area contributed by atoms with Crippen molar-refractivity contribution in [2.75, 3.05) is 13.7 Å². The Morgan fingerprint density at radius 3 is 1.46 bits per heavy atom. The number of rotatable bonds is 29. The number of methoxy groups -OCH3 is 1. The molecular formula is C114H96Cl2I8N2O10. The normalized spacial score (nSPS) is 13.3. The standard InChI is InChI=1S/C114H96Cl2I8N2O10/c1-14-133-109(127)112(122,135-88-54-34-77(35-55-88)97-67(4)60-68(5)98(69(97)6)108(121)134-87-52-30-72(31-53-87)71-28-48-85(117)49-29-71)65-79-62-94(107(126(130)131)105(120)106(79)125(128)129)90-58-25-70(59-66(2)3)61-91(90)74-26-38-81(39-27-74)113(123,82-42-40-80(41-43-82)110(7,8)9)95-63-92(75-32-50-86(132-13)51-33-75)101(111(10,11)12)99(103(95)118)78-36-56-89(57-37-78)136-114(124,83-44-46-84(115)47-45-83)96-64-93(73-21-17-15-18-22-73)102(116)100(104(96)119)76-23-19-16-20-24-76/h15-58,60-64,66,108H,14,59,65H2,1-13H3. The maximum absolute atomic E-state index is 14.8. The molecule has 0 bridgehead atoms. The Balaban J connectivity index is 0.839. The number of halogens is 10. The molecule has 136 heavy (non-hydrogen) atoms. The van der Waals surface area contributed by atoms with Crippen LogP contribution in [0.25, 0.3) is 89.0 Å². The van der Waals surface area contributed by atoms with Gasteiger partial charge in [-0.1, -0.05) is 307 Å². The molecule has 15 aromatic carbocycles. The van der Waals surface area contributed by atoms with Crippen molar-refractivity contribution in [3.63, 3.8) is 0 Å². The lowest BCUT2D eigenvalue weighted by atomic mass is 9.73. The summed E-state index contributed by atoms with van der Waals surface area (Å²) in [5.41, 5.74) is 24.4. The van der Waals surface area contributed by atoms with Gasteiger partial charge in [0.2, 0.25) is 3.61 Å². The Kier molecular flexibility index (Phi) is 32.4. The number of esters is 1. The van der Waals surface area contributed by atoms with Gasteiger partial charge in [0.25, 0.3) is 15.0 Å². The minimum absolute atomic E-state index is 0.0193. The van der Waals surface area contributed by atoms with E-state index in [9.17, 15) is 25.0 Å². The maximum Gasteiger partial charge on any atom is 0.361 e. The van der Waals surface area contributed by atoms with Crippen LogP contribution in [0.4, 0.5) is 11.4 Å². The van der Waals surface area contributed by atoms with Crippen LogP contribution in [0.3, 0.4) is 0 Å². The number of hydrogen-bond acceptors (Lipinski definition) is 10. The van der Waals surface area contributed by atoms with E-state index < -0.39 is 49.7 Å². The zero-order valence-corrected chi connectivity index (χ0v) is 95.6. The lowest BCUT2D eigenvalue weighted by molar-refractivity contribution is -0.396. The van der Waals surface area contributed by atoms with Crippen LogP contribution in [0.15, 0.2) is 297 Å². The van der Waals surface area contributed by atoms with E-state index in [4.69, 9.17) is 46.9 Å². The van der Waals surface area contributed by atoms with Crippen molar-refractivity contribution in [2.45, 2.75) is 122 Å². The maximum atomic E-state index is 14.8. The molecule has 15 aromatic rings. The molecule has 0 aliphatic rings. The number of nitrogens with zero attached hydrogens (tertiary/aromatic N) is 2. The number of nitro groups is 2. The highest BCUT2D eigenvalue weighted by atomic mass is 127. The van der Waals surface area contributed by atoms with Crippen molar-refractivity contribution < 1.29 is 38.3 Å². The highest BCUT2D eigenvalue weighted by molar-refractivity contribution is 14.1. The third-order valence-electron chi connectivity index (χ3n) is 24.5. The summed E-state index contributed by atoms with van der Waals surface area (Å²) in [7, 11) is 1.68. The minimum Gasteiger partial charge on any atom is -0.497 e. The third-order valence-corrected chi connectivity index (χ3v) is 34.3. The van der Waals surface area contributed by atoms with Gasteiger partial charge < -0.3 is 23.7 Å². The van der Waals surface area contributed by atoms with Gasteiger partial charge in [-0.3, -0.25) is 20.2 Å². The van der Waals surface area contributed by atoms with E-state index in [2.05, 4.69) is 382 Å². The first kappa shape index (κ1) is 103. The third kappa shape index (κ3) is 21.8. The smallest absolute Gasteiger partial charge is 0.361 e. The van der Waals surface area contributed by atoms with E-state index in [1.54, 1.807) is 48.8 Å². The lowest BCUT2D eigenvalue weighted by Gasteiger charge is -2.36. The van der Waals surface area contributed by atoms with Crippen molar-refractivity contribution in [1.82, 2.24) is 0 Å². The van der Waals surface area contributed by atoms with Gasteiger partial charge in [0, 0.05) is 55.5 Å². The molecule has 0 heterocycles. The molecular weight excluding hydrogens is 2640 g/mol. The van der Waals surface area contributed by atoms with Crippen molar-refractivity contribution >= 4 is 221 Å². The van der Waals surface area contributed by atoms with Crippen LogP contribution in [0, 0.1) is 61.2 Å². The number of aryl methyl sites for hydroxylation is 2. The summed E-state index contributed by atoms with van der Waals surface area (Å²) in [4.78, 5) is 41.5. The molecule has 15 rings (SSSR count).